The molecule has 4 amide bonds. The van der Waals surface area contributed by atoms with Gasteiger partial charge in [-0.1, -0.05) is 23.8 Å². The number of rotatable bonds is 7. The van der Waals surface area contributed by atoms with Crippen LogP contribution in [-0.2, 0) is 9.53 Å². The fourth-order valence-electron chi connectivity index (χ4n) is 4.98. The van der Waals surface area contributed by atoms with Crippen LogP contribution in [0, 0.1) is 13.8 Å². The summed E-state index contributed by atoms with van der Waals surface area (Å²) in [5, 5.41) is 6.02. The Bertz CT molecular complexity index is 1020. The van der Waals surface area contributed by atoms with Crippen LogP contribution >= 0.6 is 0 Å². The number of carbonyl (C=O) groups excluding carboxylic acids is 3. The van der Waals surface area contributed by atoms with Crippen molar-refractivity contribution in [1.82, 2.24) is 25.3 Å². The number of likely N-dealkylation sites (N-methyl/N-ethyl adjacent to an activating group) is 1. The van der Waals surface area contributed by atoms with E-state index in [1.165, 1.54) is 0 Å². The highest BCUT2D eigenvalue weighted by Crippen LogP contribution is 2.34. The molecule has 0 bridgehead atoms. The van der Waals surface area contributed by atoms with E-state index >= 15 is 0 Å². The number of hydrogen-bond donors (Lipinski definition) is 2. The molecule has 3 rings (SSSR count). The largest absolute Gasteiger partial charge is 0.463 e. The number of carbonyl (C=O) groups is 3. The normalized spacial score (nSPS) is 21.1. The molecule has 0 aromatic heterocycles. The van der Waals surface area contributed by atoms with Crippen molar-refractivity contribution < 1.29 is 19.1 Å². The Morgan fingerprint density at radius 1 is 1.19 bits per heavy atom. The van der Waals surface area contributed by atoms with Gasteiger partial charge >= 0.3 is 18.0 Å². The van der Waals surface area contributed by atoms with E-state index in [1.807, 2.05) is 64.6 Å². The number of urea groups is 2. The quantitative estimate of drug-likeness (QED) is 0.562. The summed E-state index contributed by atoms with van der Waals surface area (Å²) in [6.45, 7) is 16.5. The number of nitrogens with one attached hydrogen (secondary N) is 2. The zero-order chi connectivity index (χ0) is 26.6. The standard InChI is InChI=1S/C27H41N5O4/c1-8-31-22(16-30-12-13-32(20(7)15-30)26(34)28-17(3)4)23(25(33)36-9-2)24(29-27(31)35)21-14-18(5)10-11-19(21)6/h10-11,14,17,20,24H,8-9,12-13,15-16H2,1-7H3,(H,28,34)(H,29,35). The Hall–Kier alpha value is -3.07. The summed E-state index contributed by atoms with van der Waals surface area (Å²) in [5.41, 5.74) is 4.08. The van der Waals surface area contributed by atoms with E-state index in [0.29, 0.717) is 44.0 Å². The van der Waals surface area contributed by atoms with Crippen LogP contribution in [0.1, 0.15) is 57.4 Å². The number of piperazine rings is 1. The van der Waals surface area contributed by atoms with Crippen molar-refractivity contribution in [2.24, 2.45) is 0 Å². The van der Waals surface area contributed by atoms with Crippen molar-refractivity contribution in [1.29, 1.82) is 0 Å². The highest BCUT2D eigenvalue weighted by atomic mass is 16.5. The van der Waals surface area contributed by atoms with Crippen LogP contribution in [0.5, 0.6) is 0 Å². The second-order valence-corrected chi connectivity index (χ2v) is 9.95. The molecular formula is C27H41N5O4. The average Bonchev–Trinajstić information content (AvgIpc) is 2.80. The van der Waals surface area contributed by atoms with Crippen LogP contribution in [0.4, 0.5) is 9.59 Å². The number of hydrogen-bond acceptors (Lipinski definition) is 5. The molecule has 2 N–H and O–H groups in total. The minimum atomic E-state index is -0.593. The Morgan fingerprint density at radius 3 is 2.53 bits per heavy atom. The summed E-state index contributed by atoms with van der Waals surface area (Å²) in [6, 6.07) is 5.23. The smallest absolute Gasteiger partial charge is 0.338 e. The van der Waals surface area contributed by atoms with Gasteiger partial charge in [0.15, 0.2) is 0 Å². The van der Waals surface area contributed by atoms with Crippen LogP contribution in [0.3, 0.4) is 0 Å². The maximum atomic E-state index is 13.4. The van der Waals surface area contributed by atoms with Crippen molar-refractivity contribution in [3.05, 3.63) is 46.2 Å². The predicted octanol–water partition coefficient (Wildman–Crippen LogP) is 3.33. The van der Waals surface area contributed by atoms with E-state index in [2.05, 4.69) is 15.5 Å². The van der Waals surface area contributed by atoms with E-state index in [1.54, 1.807) is 11.8 Å². The first-order valence-electron chi connectivity index (χ1n) is 12.9. The van der Waals surface area contributed by atoms with E-state index < -0.39 is 12.0 Å². The summed E-state index contributed by atoms with van der Waals surface area (Å²) in [4.78, 5) is 44.9. The molecule has 0 spiro atoms. The molecule has 0 radical (unpaired) electrons. The first kappa shape index (κ1) is 27.5. The summed E-state index contributed by atoms with van der Waals surface area (Å²) in [7, 11) is 0. The molecule has 1 aromatic rings. The fraction of sp³-hybridized carbons (Fsp3) is 0.593. The Kier molecular flexibility index (Phi) is 9.00. The van der Waals surface area contributed by atoms with E-state index in [9.17, 15) is 14.4 Å². The van der Waals surface area contributed by atoms with Crippen molar-refractivity contribution in [2.45, 2.75) is 66.6 Å². The SMILES string of the molecule is CCOC(=O)C1=C(CN2CCN(C(=O)NC(C)C)C(C)C2)N(CC)C(=O)NC1c1cc(C)ccc1C. The molecule has 0 saturated carbocycles. The maximum absolute atomic E-state index is 13.4. The van der Waals surface area contributed by atoms with Crippen molar-refractivity contribution >= 4 is 18.0 Å². The first-order chi connectivity index (χ1) is 17.1. The number of nitrogens with zero attached hydrogens (tertiary/aromatic N) is 3. The zero-order valence-corrected chi connectivity index (χ0v) is 22.7. The second kappa shape index (κ2) is 11.8. The van der Waals surface area contributed by atoms with Gasteiger partial charge in [0.25, 0.3) is 0 Å². The third kappa shape index (κ3) is 6.00. The van der Waals surface area contributed by atoms with Crippen LogP contribution in [-0.4, -0.2) is 84.1 Å². The monoisotopic (exact) mass is 499 g/mol. The van der Waals surface area contributed by atoms with E-state index in [4.69, 9.17) is 4.74 Å². The van der Waals surface area contributed by atoms with Crippen LogP contribution in [0.2, 0.25) is 0 Å². The second-order valence-electron chi connectivity index (χ2n) is 9.95. The lowest BCUT2D eigenvalue weighted by atomic mass is 9.90. The Morgan fingerprint density at radius 2 is 1.92 bits per heavy atom. The number of amides is 4. The van der Waals surface area contributed by atoms with Gasteiger partial charge in [-0.2, -0.15) is 0 Å². The topological polar surface area (TPSA) is 94.2 Å². The molecule has 36 heavy (non-hydrogen) atoms. The van der Waals surface area contributed by atoms with Gasteiger partial charge < -0.3 is 20.3 Å². The van der Waals surface area contributed by atoms with Gasteiger partial charge in [0.05, 0.1) is 18.2 Å². The molecule has 2 atom stereocenters. The average molecular weight is 500 g/mol. The fourth-order valence-corrected chi connectivity index (χ4v) is 4.98. The van der Waals surface area contributed by atoms with Crippen LogP contribution in [0.15, 0.2) is 29.5 Å². The summed E-state index contributed by atoms with van der Waals surface area (Å²) in [5.74, 6) is -0.417. The number of benzene rings is 1. The Balaban J connectivity index is 1.98. The lowest BCUT2D eigenvalue weighted by molar-refractivity contribution is -0.139. The van der Waals surface area contributed by atoms with Crippen molar-refractivity contribution in [2.75, 3.05) is 39.3 Å². The van der Waals surface area contributed by atoms with Gasteiger partial charge in [-0.3, -0.25) is 9.80 Å². The molecule has 9 nitrogen and oxygen atoms in total. The Labute approximate surface area is 214 Å². The first-order valence-corrected chi connectivity index (χ1v) is 12.9. The van der Waals surface area contributed by atoms with Crippen molar-refractivity contribution in [3.8, 4) is 0 Å². The molecule has 2 heterocycles. The molecule has 0 aliphatic carbocycles. The molecule has 2 unspecified atom stereocenters. The van der Waals surface area contributed by atoms with E-state index in [-0.39, 0.29) is 30.8 Å². The van der Waals surface area contributed by atoms with Gasteiger partial charge in [-0.25, -0.2) is 14.4 Å². The van der Waals surface area contributed by atoms with Gasteiger partial charge in [-0.05, 0) is 59.6 Å². The third-order valence-electron chi connectivity index (χ3n) is 6.75. The highest BCUT2D eigenvalue weighted by molar-refractivity contribution is 5.95. The van der Waals surface area contributed by atoms with Gasteiger partial charge in [0.1, 0.15) is 0 Å². The summed E-state index contributed by atoms with van der Waals surface area (Å²) in [6.07, 6.45) is 0. The maximum Gasteiger partial charge on any atom is 0.338 e. The third-order valence-corrected chi connectivity index (χ3v) is 6.75. The highest BCUT2D eigenvalue weighted by Gasteiger charge is 2.39. The zero-order valence-electron chi connectivity index (χ0n) is 22.7. The van der Waals surface area contributed by atoms with E-state index in [0.717, 1.165) is 16.7 Å². The molecule has 1 aromatic carbocycles. The van der Waals surface area contributed by atoms with Crippen molar-refractivity contribution in [3.63, 3.8) is 0 Å². The van der Waals surface area contributed by atoms with Gasteiger partial charge in [-0.15, -0.1) is 0 Å². The number of ether oxygens (including phenoxy) is 1. The molecule has 198 valence electrons. The number of aryl methyl sites for hydroxylation is 2. The molecule has 1 fully saturated rings. The number of esters is 1. The molecule has 2 aliphatic rings. The van der Waals surface area contributed by atoms with Gasteiger partial charge in [0, 0.05) is 50.5 Å². The lowest BCUT2D eigenvalue weighted by Gasteiger charge is -2.43. The summed E-state index contributed by atoms with van der Waals surface area (Å²) < 4.78 is 5.50. The molecule has 9 heteroatoms. The van der Waals surface area contributed by atoms with Gasteiger partial charge in [0.2, 0.25) is 0 Å². The minimum Gasteiger partial charge on any atom is -0.463 e. The van der Waals surface area contributed by atoms with Crippen LogP contribution in [0.25, 0.3) is 0 Å². The molecule has 1 saturated heterocycles. The summed E-state index contributed by atoms with van der Waals surface area (Å²) >= 11 is 0. The minimum absolute atomic E-state index is 0.00792. The lowest BCUT2D eigenvalue weighted by Crippen LogP contribution is -2.58. The predicted molar refractivity (Wildman–Crippen MR) is 140 cm³/mol. The molecular weight excluding hydrogens is 458 g/mol. The van der Waals surface area contributed by atoms with Crippen LogP contribution < -0.4 is 10.6 Å². The molecule has 2 aliphatic heterocycles.